The van der Waals surface area contributed by atoms with Gasteiger partial charge in [-0.3, -0.25) is 9.63 Å². The maximum Gasteiger partial charge on any atom is 0.250 e. The smallest absolute Gasteiger partial charge is 0.250 e. The molecule has 0 bridgehead atoms. The van der Waals surface area contributed by atoms with Gasteiger partial charge in [0.05, 0.1) is 13.0 Å². The van der Waals surface area contributed by atoms with Gasteiger partial charge in [-0.15, -0.1) is 0 Å². The molecule has 1 aliphatic rings. The number of hydrogen-bond donors (Lipinski definition) is 0. The normalized spacial score (nSPS) is 16.0. The average molecular weight is 233 g/mol. The Morgan fingerprint density at radius 1 is 1.29 bits per heavy atom. The fourth-order valence-electron chi connectivity index (χ4n) is 1.97. The van der Waals surface area contributed by atoms with Gasteiger partial charge in [-0.2, -0.15) is 0 Å². The van der Waals surface area contributed by atoms with Crippen LogP contribution in [0.5, 0.6) is 0 Å². The van der Waals surface area contributed by atoms with Crippen LogP contribution in [0.15, 0.2) is 18.2 Å². The number of aryl methyl sites for hydroxylation is 2. The molecule has 2 rings (SSSR count). The summed E-state index contributed by atoms with van der Waals surface area (Å²) < 4.78 is 0. The quantitative estimate of drug-likeness (QED) is 0.785. The fraction of sp³-hybridized carbons (Fsp3) is 0.500. The lowest BCUT2D eigenvalue weighted by atomic mass is 10.0. The van der Waals surface area contributed by atoms with Crippen molar-refractivity contribution in [2.45, 2.75) is 33.1 Å². The maximum atomic E-state index is 12.0. The van der Waals surface area contributed by atoms with E-state index in [1.807, 2.05) is 6.07 Å². The van der Waals surface area contributed by atoms with E-state index in [4.69, 9.17) is 4.84 Å². The molecule has 1 aliphatic heterocycles. The van der Waals surface area contributed by atoms with E-state index in [-0.39, 0.29) is 5.91 Å². The fourth-order valence-corrected chi connectivity index (χ4v) is 1.97. The van der Waals surface area contributed by atoms with Crippen LogP contribution in [0.1, 0.15) is 29.5 Å². The maximum absolute atomic E-state index is 12.0. The van der Waals surface area contributed by atoms with Crippen molar-refractivity contribution in [3.05, 3.63) is 34.9 Å². The number of rotatable bonds is 2. The van der Waals surface area contributed by atoms with Gasteiger partial charge < -0.3 is 0 Å². The Balaban J connectivity index is 1.99. The van der Waals surface area contributed by atoms with Crippen LogP contribution in [0.25, 0.3) is 0 Å². The summed E-state index contributed by atoms with van der Waals surface area (Å²) >= 11 is 0. The zero-order chi connectivity index (χ0) is 12.3. The van der Waals surface area contributed by atoms with Crippen molar-refractivity contribution in [1.29, 1.82) is 0 Å². The zero-order valence-electron chi connectivity index (χ0n) is 10.5. The van der Waals surface area contributed by atoms with Crippen molar-refractivity contribution in [1.82, 2.24) is 5.06 Å². The Bertz CT molecular complexity index is 409. The number of hydroxylamine groups is 2. The first-order valence-corrected chi connectivity index (χ1v) is 6.16. The molecule has 1 aromatic carbocycles. The summed E-state index contributed by atoms with van der Waals surface area (Å²) in [5.41, 5.74) is 3.55. The lowest BCUT2D eigenvalue weighted by molar-refractivity contribution is -0.196. The van der Waals surface area contributed by atoms with Crippen LogP contribution in [0, 0.1) is 13.8 Å². The van der Waals surface area contributed by atoms with E-state index in [2.05, 4.69) is 26.0 Å². The molecule has 0 radical (unpaired) electrons. The highest BCUT2D eigenvalue weighted by Crippen LogP contribution is 2.13. The number of benzene rings is 1. The Morgan fingerprint density at radius 2 is 2.12 bits per heavy atom. The van der Waals surface area contributed by atoms with Gasteiger partial charge in [0.1, 0.15) is 0 Å². The van der Waals surface area contributed by atoms with Gasteiger partial charge in [0, 0.05) is 6.54 Å². The first kappa shape index (κ1) is 12.1. The first-order valence-electron chi connectivity index (χ1n) is 6.16. The van der Waals surface area contributed by atoms with Crippen LogP contribution < -0.4 is 0 Å². The monoisotopic (exact) mass is 233 g/mol. The van der Waals surface area contributed by atoms with Gasteiger partial charge in [0.25, 0.3) is 5.91 Å². The van der Waals surface area contributed by atoms with Crippen LogP contribution >= 0.6 is 0 Å². The molecule has 0 aromatic heterocycles. The molecule has 1 fully saturated rings. The highest BCUT2D eigenvalue weighted by Gasteiger charge is 2.17. The molecular formula is C14H19NO2. The lowest BCUT2D eigenvalue weighted by Gasteiger charge is -2.25. The topological polar surface area (TPSA) is 29.5 Å². The molecule has 1 heterocycles. The van der Waals surface area contributed by atoms with Crippen molar-refractivity contribution in [2.24, 2.45) is 0 Å². The van der Waals surface area contributed by atoms with Crippen molar-refractivity contribution >= 4 is 5.91 Å². The van der Waals surface area contributed by atoms with E-state index in [1.165, 1.54) is 16.2 Å². The van der Waals surface area contributed by atoms with Crippen LogP contribution in [-0.2, 0) is 16.1 Å². The molecule has 0 aliphatic carbocycles. The third-order valence-electron chi connectivity index (χ3n) is 3.21. The summed E-state index contributed by atoms with van der Waals surface area (Å²) in [4.78, 5) is 17.3. The molecule has 0 saturated carbocycles. The number of carbonyl (C=O) groups is 1. The number of amides is 1. The summed E-state index contributed by atoms with van der Waals surface area (Å²) in [6, 6.07) is 6.16. The van der Waals surface area contributed by atoms with Crippen LogP contribution in [0.2, 0.25) is 0 Å². The molecule has 0 N–H and O–H groups in total. The lowest BCUT2D eigenvalue weighted by Crippen LogP contribution is -2.36. The molecule has 1 amide bonds. The van der Waals surface area contributed by atoms with E-state index >= 15 is 0 Å². The second kappa shape index (κ2) is 5.32. The predicted molar refractivity (Wildman–Crippen MR) is 66.5 cm³/mol. The molecule has 3 heteroatoms. The molecule has 0 spiro atoms. The summed E-state index contributed by atoms with van der Waals surface area (Å²) in [6.45, 7) is 5.54. The molecule has 17 heavy (non-hydrogen) atoms. The van der Waals surface area contributed by atoms with Crippen LogP contribution in [0.3, 0.4) is 0 Å². The highest BCUT2D eigenvalue weighted by atomic mass is 16.7. The SMILES string of the molecule is Cc1ccc(CC(=O)N2CCCCO2)cc1C. The summed E-state index contributed by atoms with van der Waals surface area (Å²) in [5.74, 6) is 0.0629. The van der Waals surface area contributed by atoms with E-state index in [0.29, 0.717) is 13.0 Å². The van der Waals surface area contributed by atoms with Crippen LogP contribution in [-0.4, -0.2) is 24.1 Å². The van der Waals surface area contributed by atoms with Gasteiger partial charge in [0.2, 0.25) is 0 Å². The summed E-state index contributed by atoms with van der Waals surface area (Å²) in [7, 11) is 0. The predicted octanol–water partition coefficient (Wildman–Crippen LogP) is 2.40. The standard InChI is InChI=1S/C14H19NO2/c1-11-5-6-13(9-12(11)2)10-14(16)15-7-3-4-8-17-15/h5-6,9H,3-4,7-8,10H2,1-2H3. The van der Waals surface area contributed by atoms with Gasteiger partial charge in [-0.05, 0) is 43.4 Å². The third kappa shape index (κ3) is 3.07. The van der Waals surface area contributed by atoms with Crippen molar-refractivity contribution in [3.63, 3.8) is 0 Å². The molecule has 0 unspecified atom stereocenters. The first-order chi connectivity index (χ1) is 8.16. The Labute approximate surface area is 102 Å². The largest absolute Gasteiger partial charge is 0.272 e. The Hall–Kier alpha value is -1.35. The van der Waals surface area contributed by atoms with Gasteiger partial charge >= 0.3 is 0 Å². The van der Waals surface area contributed by atoms with E-state index in [9.17, 15) is 4.79 Å². The molecule has 3 nitrogen and oxygen atoms in total. The second-order valence-corrected chi connectivity index (χ2v) is 4.63. The molecule has 1 aromatic rings. The van der Waals surface area contributed by atoms with Gasteiger partial charge in [-0.1, -0.05) is 18.2 Å². The molecule has 92 valence electrons. The summed E-state index contributed by atoms with van der Waals surface area (Å²) in [6.07, 6.45) is 2.52. The number of hydrogen-bond acceptors (Lipinski definition) is 2. The molecule has 0 atom stereocenters. The van der Waals surface area contributed by atoms with Crippen molar-refractivity contribution in [3.8, 4) is 0 Å². The second-order valence-electron chi connectivity index (χ2n) is 4.63. The minimum Gasteiger partial charge on any atom is -0.272 e. The van der Waals surface area contributed by atoms with Crippen molar-refractivity contribution < 1.29 is 9.63 Å². The van der Waals surface area contributed by atoms with E-state index in [1.54, 1.807) is 0 Å². The zero-order valence-corrected chi connectivity index (χ0v) is 10.5. The average Bonchev–Trinajstić information content (AvgIpc) is 2.35. The minimum atomic E-state index is 0.0629. The van der Waals surface area contributed by atoms with Crippen LogP contribution in [0.4, 0.5) is 0 Å². The Kier molecular flexibility index (Phi) is 3.79. The van der Waals surface area contributed by atoms with Gasteiger partial charge in [0.15, 0.2) is 0 Å². The van der Waals surface area contributed by atoms with E-state index < -0.39 is 0 Å². The summed E-state index contributed by atoms with van der Waals surface area (Å²) in [5, 5.41) is 1.51. The number of carbonyl (C=O) groups excluding carboxylic acids is 1. The minimum absolute atomic E-state index is 0.0629. The highest BCUT2D eigenvalue weighted by molar-refractivity contribution is 5.77. The van der Waals surface area contributed by atoms with E-state index in [0.717, 1.165) is 24.9 Å². The third-order valence-corrected chi connectivity index (χ3v) is 3.21. The Morgan fingerprint density at radius 3 is 2.76 bits per heavy atom. The molecular weight excluding hydrogens is 214 g/mol. The number of nitrogens with zero attached hydrogens (tertiary/aromatic N) is 1. The molecule has 1 saturated heterocycles. The van der Waals surface area contributed by atoms with Gasteiger partial charge in [-0.25, -0.2) is 5.06 Å². The van der Waals surface area contributed by atoms with Crippen molar-refractivity contribution in [2.75, 3.05) is 13.2 Å².